The van der Waals surface area contributed by atoms with Crippen LogP contribution in [0.1, 0.15) is 46.6 Å². The molecule has 0 unspecified atom stereocenters. The van der Waals surface area contributed by atoms with Gasteiger partial charge in [0, 0.05) is 18.0 Å². The predicted molar refractivity (Wildman–Crippen MR) is 109 cm³/mol. The molecule has 23 heavy (non-hydrogen) atoms. The number of rotatable bonds is 8. The molecule has 0 atom stereocenters. The molecule has 130 valence electrons. The predicted octanol–water partition coefficient (Wildman–Crippen LogP) is 5.87. The summed E-state index contributed by atoms with van der Waals surface area (Å²) in [4.78, 5) is 1.20. The second-order valence-electron chi connectivity index (χ2n) is 4.07. The van der Waals surface area contributed by atoms with E-state index in [1.54, 1.807) is 11.9 Å². The van der Waals surface area contributed by atoms with Gasteiger partial charge in [0.05, 0.1) is 0 Å². The van der Waals surface area contributed by atoms with E-state index in [0.717, 1.165) is 18.5 Å². The Hall–Kier alpha value is -1.29. The van der Waals surface area contributed by atoms with Crippen molar-refractivity contribution in [3.8, 4) is 0 Å². The third-order valence-electron chi connectivity index (χ3n) is 2.63. The van der Waals surface area contributed by atoms with Crippen LogP contribution in [0.3, 0.4) is 0 Å². The first-order valence-corrected chi connectivity index (χ1v) is 9.24. The van der Waals surface area contributed by atoms with Gasteiger partial charge in [0.2, 0.25) is 0 Å². The molecule has 0 heterocycles. The number of nitrogens with one attached hydrogen (secondary N) is 1. The van der Waals surface area contributed by atoms with Crippen LogP contribution < -0.4 is 10.5 Å². The maximum absolute atomic E-state index is 5.57. The zero-order valence-corrected chi connectivity index (χ0v) is 16.2. The number of benzene rings is 1. The molecule has 3 heteroatoms. The van der Waals surface area contributed by atoms with E-state index in [0.29, 0.717) is 6.54 Å². The van der Waals surface area contributed by atoms with E-state index < -0.39 is 0 Å². The van der Waals surface area contributed by atoms with E-state index in [1.807, 2.05) is 52.8 Å². The van der Waals surface area contributed by atoms with E-state index in [9.17, 15) is 0 Å². The van der Waals surface area contributed by atoms with Crippen LogP contribution in [-0.2, 0) is 6.54 Å². The lowest BCUT2D eigenvalue weighted by Gasteiger charge is -2.05. The molecule has 1 aromatic carbocycles. The monoisotopic (exact) mass is 334 g/mol. The Morgan fingerprint density at radius 1 is 1.17 bits per heavy atom. The SMILES string of the molecule is C=C/C(=C\C=C/C)CCNSc1ccc(CN)cc1.CC.CC. The maximum Gasteiger partial charge on any atom is 0.0228 e. The van der Waals surface area contributed by atoms with Crippen molar-refractivity contribution in [2.24, 2.45) is 5.73 Å². The number of allylic oxidation sites excluding steroid dienone is 4. The van der Waals surface area contributed by atoms with Gasteiger partial charge in [0.15, 0.2) is 0 Å². The normalized spacial score (nSPS) is 10.4. The van der Waals surface area contributed by atoms with Crippen molar-refractivity contribution in [2.75, 3.05) is 6.54 Å². The zero-order valence-electron chi connectivity index (χ0n) is 15.4. The summed E-state index contributed by atoms with van der Waals surface area (Å²) < 4.78 is 3.35. The van der Waals surface area contributed by atoms with Crippen molar-refractivity contribution >= 4 is 11.9 Å². The molecule has 0 spiro atoms. The first-order valence-electron chi connectivity index (χ1n) is 8.43. The highest BCUT2D eigenvalue weighted by Crippen LogP contribution is 2.15. The lowest BCUT2D eigenvalue weighted by atomic mass is 10.2. The number of nitrogens with two attached hydrogens (primary N) is 1. The smallest absolute Gasteiger partial charge is 0.0228 e. The van der Waals surface area contributed by atoms with Crippen molar-refractivity contribution in [3.63, 3.8) is 0 Å². The van der Waals surface area contributed by atoms with Gasteiger partial charge < -0.3 is 5.73 Å². The fourth-order valence-corrected chi connectivity index (χ4v) is 2.14. The molecule has 0 amide bonds. The minimum atomic E-state index is 0.594. The molecular weight excluding hydrogens is 300 g/mol. The topological polar surface area (TPSA) is 38.0 Å². The van der Waals surface area contributed by atoms with Crippen molar-refractivity contribution in [1.29, 1.82) is 0 Å². The molecule has 1 aromatic rings. The van der Waals surface area contributed by atoms with E-state index in [-0.39, 0.29) is 0 Å². The molecule has 0 aliphatic heterocycles. The summed E-state index contributed by atoms with van der Waals surface area (Å²) in [6.07, 6.45) is 9.03. The Balaban J connectivity index is 0. The van der Waals surface area contributed by atoms with Crippen molar-refractivity contribution in [2.45, 2.75) is 52.5 Å². The van der Waals surface area contributed by atoms with Gasteiger partial charge in [-0.05, 0) is 48.6 Å². The van der Waals surface area contributed by atoms with E-state index >= 15 is 0 Å². The number of hydrogen-bond acceptors (Lipinski definition) is 3. The van der Waals surface area contributed by atoms with Crippen molar-refractivity contribution in [3.05, 3.63) is 66.3 Å². The molecule has 0 fully saturated rings. The lowest BCUT2D eigenvalue weighted by molar-refractivity contribution is 0.911. The van der Waals surface area contributed by atoms with Gasteiger partial charge in [-0.3, -0.25) is 4.72 Å². The van der Waals surface area contributed by atoms with E-state index in [4.69, 9.17) is 5.73 Å². The molecule has 0 aromatic heterocycles. The Bertz CT molecular complexity index is 433. The third-order valence-corrected chi connectivity index (χ3v) is 3.49. The van der Waals surface area contributed by atoms with E-state index in [1.165, 1.54) is 10.5 Å². The molecule has 0 aliphatic carbocycles. The molecule has 0 radical (unpaired) electrons. The summed E-state index contributed by atoms with van der Waals surface area (Å²) in [5, 5.41) is 0. The first kappa shape index (κ1) is 24.0. The molecule has 0 saturated heterocycles. The van der Waals surface area contributed by atoms with Gasteiger partial charge in [-0.25, -0.2) is 0 Å². The average molecular weight is 335 g/mol. The summed E-state index contributed by atoms with van der Waals surface area (Å²) in [5.41, 5.74) is 7.97. The van der Waals surface area contributed by atoms with E-state index in [2.05, 4.69) is 41.6 Å². The van der Waals surface area contributed by atoms with Gasteiger partial charge >= 0.3 is 0 Å². The Labute approximate surface area is 148 Å². The standard InChI is InChI=1S/C16H22N2S.2C2H6/c1-3-5-6-14(4-2)11-12-18-19-16-9-7-15(13-17)8-10-16;2*1-2/h3-10,18H,2,11-13,17H2,1H3;2*1-2H3/b5-3-,14-6+;;. The molecule has 0 saturated carbocycles. The van der Waals surface area contributed by atoms with Crippen molar-refractivity contribution in [1.82, 2.24) is 4.72 Å². The minimum absolute atomic E-state index is 0.594. The number of hydrogen-bond donors (Lipinski definition) is 2. The van der Waals surface area contributed by atoms with Crippen LogP contribution in [0.25, 0.3) is 0 Å². The first-order chi connectivity index (χ1) is 11.3. The molecule has 0 bridgehead atoms. The lowest BCUT2D eigenvalue weighted by Crippen LogP contribution is -2.05. The molecule has 1 rings (SSSR count). The van der Waals surface area contributed by atoms with Crippen LogP contribution in [-0.4, -0.2) is 6.54 Å². The molecule has 3 N–H and O–H groups in total. The largest absolute Gasteiger partial charge is 0.326 e. The molecule has 2 nitrogen and oxygen atoms in total. The zero-order chi connectivity index (χ0) is 17.9. The minimum Gasteiger partial charge on any atom is -0.326 e. The average Bonchev–Trinajstić information content (AvgIpc) is 2.65. The van der Waals surface area contributed by atoms with Gasteiger partial charge in [-0.15, -0.1) is 0 Å². The van der Waals surface area contributed by atoms with Crippen LogP contribution in [0.5, 0.6) is 0 Å². The Morgan fingerprint density at radius 3 is 2.26 bits per heavy atom. The van der Waals surface area contributed by atoms with Gasteiger partial charge in [-0.1, -0.05) is 70.7 Å². The summed E-state index contributed by atoms with van der Waals surface area (Å²) in [6.45, 7) is 15.3. The Kier molecular flexibility index (Phi) is 19.5. The fraction of sp³-hybridized carbons (Fsp3) is 0.400. The summed E-state index contributed by atoms with van der Waals surface area (Å²) in [6, 6.07) is 8.30. The highest BCUT2D eigenvalue weighted by atomic mass is 32.2. The highest BCUT2D eigenvalue weighted by molar-refractivity contribution is 7.97. The molecular formula is C20H34N2S. The van der Waals surface area contributed by atoms with Gasteiger partial charge in [0.1, 0.15) is 0 Å². The van der Waals surface area contributed by atoms with Crippen LogP contribution >= 0.6 is 11.9 Å². The second kappa shape index (κ2) is 18.8. The second-order valence-corrected chi connectivity index (χ2v) is 5.03. The van der Waals surface area contributed by atoms with Crippen LogP contribution in [0.2, 0.25) is 0 Å². The summed E-state index contributed by atoms with van der Waals surface area (Å²) >= 11 is 1.65. The van der Waals surface area contributed by atoms with Crippen LogP contribution in [0.15, 0.2) is 65.6 Å². The molecule has 0 aliphatic rings. The van der Waals surface area contributed by atoms with Gasteiger partial charge in [0.25, 0.3) is 0 Å². The van der Waals surface area contributed by atoms with Crippen LogP contribution in [0.4, 0.5) is 0 Å². The Morgan fingerprint density at radius 2 is 1.78 bits per heavy atom. The highest BCUT2D eigenvalue weighted by Gasteiger charge is 1.95. The quantitative estimate of drug-likeness (QED) is 0.354. The van der Waals surface area contributed by atoms with Crippen molar-refractivity contribution < 1.29 is 0 Å². The van der Waals surface area contributed by atoms with Gasteiger partial charge in [-0.2, -0.15) is 0 Å². The fourth-order valence-electron chi connectivity index (χ4n) is 1.50. The third kappa shape index (κ3) is 12.9. The summed E-state index contributed by atoms with van der Waals surface area (Å²) in [5.74, 6) is 0. The van der Waals surface area contributed by atoms with Crippen LogP contribution in [0, 0.1) is 0 Å². The maximum atomic E-state index is 5.57. The summed E-state index contributed by atoms with van der Waals surface area (Å²) in [7, 11) is 0.